The number of benzene rings is 2. The van der Waals surface area contributed by atoms with E-state index >= 15 is 0 Å². The number of amides is 1. The number of phenolic OH excluding ortho intramolecular Hbond substituents is 2. The summed E-state index contributed by atoms with van der Waals surface area (Å²) < 4.78 is 5.06. The number of nitro groups is 1. The molecule has 0 aliphatic rings. The molecule has 0 bridgehead atoms. The third-order valence-electron chi connectivity index (χ3n) is 4.32. The van der Waals surface area contributed by atoms with Crippen molar-refractivity contribution in [1.82, 2.24) is 9.97 Å². The molecule has 10 heteroatoms. The zero-order valence-corrected chi connectivity index (χ0v) is 15.7. The highest BCUT2D eigenvalue weighted by molar-refractivity contribution is 6.01. The van der Waals surface area contributed by atoms with Gasteiger partial charge in [-0.05, 0) is 36.4 Å². The van der Waals surface area contributed by atoms with Gasteiger partial charge in [-0.1, -0.05) is 12.1 Å². The number of aromatic hydroxyl groups is 2. The number of rotatable bonds is 5. The Hall–Kier alpha value is -4.73. The van der Waals surface area contributed by atoms with Crippen LogP contribution >= 0.6 is 0 Å². The molecule has 0 saturated carbocycles. The van der Waals surface area contributed by atoms with E-state index in [0.717, 1.165) is 0 Å². The van der Waals surface area contributed by atoms with Gasteiger partial charge in [0.25, 0.3) is 11.6 Å². The van der Waals surface area contributed by atoms with Crippen LogP contribution in [0.3, 0.4) is 0 Å². The maximum absolute atomic E-state index is 12.4. The summed E-state index contributed by atoms with van der Waals surface area (Å²) in [5, 5.41) is 33.1. The van der Waals surface area contributed by atoms with Crippen LogP contribution in [-0.2, 0) is 0 Å². The topological polar surface area (TPSA) is 152 Å². The van der Waals surface area contributed by atoms with Crippen LogP contribution in [0.4, 0.5) is 11.6 Å². The van der Waals surface area contributed by atoms with Crippen LogP contribution in [0.1, 0.15) is 10.6 Å². The molecule has 0 aliphatic heterocycles. The lowest BCUT2D eigenvalue weighted by Gasteiger charge is -2.10. The Labute approximate surface area is 174 Å². The van der Waals surface area contributed by atoms with Crippen LogP contribution in [0, 0.1) is 10.1 Å². The summed E-state index contributed by atoms with van der Waals surface area (Å²) in [5.74, 6) is -1.26. The number of anilines is 1. The van der Waals surface area contributed by atoms with E-state index in [2.05, 4.69) is 15.3 Å². The Bertz CT molecular complexity index is 1290. The molecule has 3 N–H and O–H groups in total. The number of non-ortho nitro benzene ring substituents is 1. The lowest BCUT2D eigenvalue weighted by molar-refractivity contribution is -0.384. The molecule has 0 spiro atoms. The van der Waals surface area contributed by atoms with Crippen LogP contribution in [0.2, 0.25) is 0 Å². The van der Waals surface area contributed by atoms with E-state index in [-0.39, 0.29) is 28.9 Å². The maximum Gasteiger partial charge on any atom is 0.293 e. The second-order valence-corrected chi connectivity index (χ2v) is 6.40. The Kier molecular flexibility index (Phi) is 5.02. The first kappa shape index (κ1) is 19.6. The summed E-state index contributed by atoms with van der Waals surface area (Å²) in [6, 6.07) is 14.5. The third-order valence-corrected chi connectivity index (χ3v) is 4.32. The lowest BCUT2D eigenvalue weighted by atomic mass is 10.1. The molecule has 2 aromatic carbocycles. The SMILES string of the molecule is O=C(Nc1nc(-c2cccc([N+](=O)[O-])c2)cc(-c2ccc(O)c(O)c2)n1)c1ccco1. The Balaban J connectivity index is 1.82. The van der Waals surface area contributed by atoms with Crippen LogP contribution in [0.5, 0.6) is 11.5 Å². The van der Waals surface area contributed by atoms with Gasteiger partial charge in [-0.3, -0.25) is 20.2 Å². The molecular formula is C21H14N4O6. The number of hydrogen-bond acceptors (Lipinski definition) is 8. The van der Waals surface area contributed by atoms with Gasteiger partial charge in [0.15, 0.2) is 17.3 Å². The molecule has 2 heterocycles. The summed E-state index contributed by atoms with van der Waals surface area (Å²) >= 11 is 0. The molecule has 0 saturated heterocycles. The zero-order chi connectivity index (χ0) is 22.0. The molecule has 0 fully saturated rings. The van der Waals surface area contributed by atoms with Crippen molar-refractivity contribution >= 4 is 17.5 Å². The predicted molar refractivity (Wildman–Crippen MR) is 110 cm³/mol. The molecule has 0 atom stereocenters. The van der Waals surface area contributed by atoms with Gasteiger partial charge in [0.2, 0.25) is 5.95 Å². The minimum Gasteiger partial charge on any atom is -0.504 e. The van der Waals surface area contributed by atoms with Crippen LogP contribution < -0.4 is 5.32 Å². The molecule has 31 heavy (non-hydrogen) atoms. The van der Waals surface area contributed by atoms with Gasteiger partial charge in [0.05, 0.1) is 22.6 Å². The van der Waals surface area contributed by atoms with E-state index in [1.807, 2.05) is 0 Å². The number of aromatic nitrogens is 2. The van der Waals surface area contributed by atoms with E-state index < -0.39 is 10.8 Å². The Morgan fingerprint density at radius 2 is 1.68 bits per heavy atom. The monoisotopic (exact) mass is 418 g/mol. The van der Waals surface area contributed by atoms with Crippen molar-refractivity contribution in [1.29, 1.82) is 0 Å². The predicted octanol–water partition coefficient (Wildman–Crippen LogP) is 3.98. The second-order valence-electron chi connectivity index (χ2n) is 6.40. The van der Waals surface area contributed by atoms with Crippen LogP contribution in [0.25, 0.3) is 22.5 Å². The number of nitrogens with zero attached hydrogens (tertiary/aromatic N) is 3. The number of carbonyl (C=O) groups excluding carboxylic acids is 1. The minimum absolute atomic E-state index is 0.0492. The largest absolute Gasteiger partial charge is 0.504 e. The Morgan fingerprint density at radius 3 is 2.32 bits per heavy atom. The number of nitrogens with one attached hydrogen (secondary N) is 1. The Morgan fingerprint density at radius 1 is 0.935 bits per heavy atom. The van der Waals surface area contributed by atoms with Crippen molar-refractivity contribution in [2.24, 2.45) is 0 Å². The molecule has 4 rings (SSSR count). The molecule has 0 radical (unpaired) electrons. The fraction of sp³-hybridized carbons (Fsp3) is 0. The molecule has 4 aromatic rings. The average Bonchev–Trinajstić information content (AvgIpc) is 3.31. The van der Waals surface area contributed by atoms with E-state index in [9.17, 15) is 25.1 Å². The number of phenols is 2. The number of hydrogen-bond donors (Lipinski definition) is 3. The van der Waals surface area contributed by atoms with Gasteiger partial charge in [-0.2, -0.15) is 0 Å². The van der Waals surface area contributed by atoms with Crippen molar-refractivity contribution in [3.63, 3.8) is 0 Å². The summed E-state index contributed by atoms with van der Waals surface area (Å²) in [7, 11) is 0. The highest BCUT2D eigenvalue weighted by Crippen LogP contribution is 2.32. The summed E-state index contributed by atoms with van der Waals surface area (Å²) in [5.41, 5.74) is 1.34. The summed E-state index contributed by atoms with van der Waals surface area (Å²) in [6.45, 7) is 0. The van der Waals surface area contributed by atoms with E-state index in [1.54, 1.807) is 18.2 Å². The first-order chi connectivity index (χ1) is 14.9. The quantitative estimate of drug-likeness (QED) is 0.250. The van der Waals surface area contributed by atoms with Gasteiger partial charge < -0.3 is 14.6 Å². The van der Waals surface area contributed by atoms with E-state index in [1.165, 1.54) is 48.7 Å². The smallest absolute Gasteiger partial charge is 0.293 e. The number of nitro benzene ring substituents is 1. The third kappa shape index (κ3) is 4.17. The van der Waals surface area contributed by atoms with Gasteiger partial charge in [-0.25, -0.2) is 9.97 Å². The number of furan rings is 1. The summed E-state index contributed by atoms with van der Waals surface area (Å²) in [4.78, 5) is 31.6. The van der Waals surface area contributed by atoms with Crippen molar-refractivity contribution in [3.05, 3.63) is 82.8 Å². The highest BCUT2D eigenvalue weighted by atomic mass is 16.6. The molecule has 0 unspecified atom stereocenters. The molecule has 154 valence electrons. The first-order valence-electron chi connectivity index (χ1n) is 8.92. The fourth-order valence-electron chi connectivity index (χ4n) is 2.83. The summed E-state index contributed by atoms with van der Waals surface area (Å²) in [6.07, 6.45) is 1.35. The van der Waals surface area contributed by atoms with Gasteiger partial charge in [-0.15, -0.1) is 0 Å². The zero-order valence-electron chi connectivity index (χ0n) is 15.7. The number of carbonyl (C=O) groups is 1. The van der Waals surface area contributed by atoms with E-state index in [0.29, 0.717) is 22.5 Å². The van der Waals surface area contributed by atoms with Gasteiger partial charge >= 0.3 is 0 Å². The van der Waals surface area contributed by atoms with E-state index in [4.69, 9.17) is 4.42 Å². The van der Waals surface area contributed by atoms with Crippen molar-refractivity contribution < 1.29 is 24.3 Å². The maximum atomic E-state index is 12.4. The van der Waals surface area contributed by atoms with Crippen LogP contribution in [-0.4, -0.2) is 31.0 Å². The standard InChI is InChI=1S/C21H14N4O6/c26-17-7-6-13(10-18(17)27)16-11-15(12-3-1-4-14(9-12)25(29)30)22-21(23-16)24-20(28)19-5-2-8-31-19/h1-11,26-27H,(H,22,23,24,28). The lowest BCUT2D eigenvalue weighted by Crippen LogP contribution is -2.14. The van der Waals surface area contributed by atoms with Gasteiger partial charge in [0.1, 0.15) is 0 Å². The average molecular weight is 418 g/mol. The highest BCUT2D eigenvalue weighted by Gasteiger charge is 2.16. The molecule has 2 aromatic heterocycles. The van der Waals surface area contributed by atoms with Crippen molar-refractivity contribution in [3.8, 4) is 34.0 Å². The molecule has 10 nitrogen and oxygen atoms in total. The van der Waals surface area contributed by atoms with Gasteiger partial charge in [0, 0.05) is 23.3 Å². The molecule has 0 aliphatic carbocycles. The normalized spacial score (nSPS) is 10.6. The fourth-order valence-corrected chi connectivity index (χ4v) is 2.83. The molecule has 1 amide bonds. The molecular weight excluding hydrogens is 404 g/mol. The minimum atomic E-state index is -0.583. The first-order valence-corrected chi connectivity index (χ1v) is 8.92. The van der Waals surface area contributed by atoms with Crippen molar-refractivity contribution in [2.45, 2.75) is 0 Å². The van der Waals surface area contributed by atoms with Crippen LogP contribution in [0.15, 0.2) is 71.3 Å². The second kappa shape index (κ2) is 7.95. The van der Waals surface area contributed by atoms with Crippen molar-refractivity contribution in [2.75, 3.05) is 5.32 Å².